The molecule has 98 valence electrons. The zero-order valence-electron chi connectivity index (χ0n) is 10.2. The van der Waals surface area contributed by atoms with Gasteiger partial charge in [0, 0.05) is 0 Å². The lowest BCUT2D eigenvalue weighted by Gasteiger charge is -2.02. The Bertz CT molecular complexity index is 816. The molecule has 4 nitrogen and oxygen atoms in total. The number of benzene rings is 1. The van der Waals surface area contributed by atoms with Crippen molar-refractivity contribution in [3.05, 3.63) is 59.4 Å². The largest absolute Gasteiger partial charge is 0.241 e. The number of pyridine rings is 1. The minimum absolute atomic E-state index is 0.120. The summed E-state index contributed by atoms with van der Waals surface area (Å²) in [5.74, 6) is -0.840. The van der Waals surface area contributed by atoms with Gasteiger partial charge >= 0.3 is 0 Å². The van der Waals surface area contributed by atoms with Crippen LogP contribution < -0.4 is 0 Å². The third-order valence-corrected chi connectivity index (χ3v) is 2.91. The van der Waals surface area contributed by atoms with E-state index < -0.39 is 5.82 Å². The summed E-state index contributed by atoms with van der Waals surface area (Å²) >= 11 is 0. The molecule has 6 heteroatoms. The van der Waals surface area contributed by atoms with E-state index in [0.29, 0.717) is 17.6 Å². The first-order valence-electron chi connectivity index (χ1n) is 5.84. The number of nitrogens with zero attached hydrogens (tertiary/aromatic N) is 4. The highest BCUT2D eigenvalue weighted by atomic mass is 19.1. The van der Waals surface area contributed by atoms with Gasteiger partial charge in [-0.2, -0.15) is 10.4 Å². The lowest BCUT2D eigenvalue weighted by Crippen LogP contribution is -2.03. The van der Waals surface area contributed by atoms with Gasteiger partial charge in [-0.15, -0.1) is 0 Å². The molecule has 3 rings (SSSR count). The van der Waals surface area contributed by atoms with Crippen molar-refractivity contribution < 1.29 is 8.78 Å². The molecule has 3 aromatic rings. The number of hydrogen-bond acceptors (Lipinski definition) is 3. The van der Waals surface area contributed by atoms with Crippen molar-refractivity contribution in [1.29, 1.82) is 5.26 Å². The van der Waals surface area contributed by atoms with E-state index in [2.05, 4.69) is 10.1 Å². The zero-order valence-corrected chi connectivity index (χ0v) is 10.2. The molecule has 0 aliphatic heterocycles. The Morgan fingerprint density at radius 2 is 1.90 bits per heavy atom. The summed E-state index contributed by atoms with van der Waals surface area (Å²) in [4.78, 5) is 3.96. The normalized spacial score (nSPS) is 10.7. The van der Waals surface area contributed by atoms with Crippen LogP contribution >= 0.6 is 0 Å². The highest BCUT2D eigenvalue weighted by Crippen LogP contribution is 2.18. The summed E-state index contributed by atoms with van der Waals surface area (Å²) in [7, 11) is 0. The van der Waals surface area contributed by atoms with Gasteiger partial charge in [-0.3, -0.25) is 0 Å². The van der Waals surface area contributed by atoms with Crippen molar-refractivity contribution in [2.45, 2.75) is 6.54 Å². The van der Waals surface area contributed by atoms with Gasteiger partial charge in [-0.25, -0.2) is 18.4 Å². The lowest BCUT2D eigenvalue weighted by molar-refractivity contribution is 0.621. The summed E-state index contributed by atoms with van der Waals surface area (Å²) in [6, 6.07) is 9.09. The summed E-state index contributed by atoms with van der Waals surface area (Å²) in [6.45, 7) is 0.330. The van der Waals surface area contributed by atoms with Crippen LogP contribution in [-0.4, -0.2) is 14.8 Å². The van der Waals surface area contributed by atoms with E-state index in [0.717, 1.165) is 11.8 Å². The molecular weight excluding hydrogens is 262 g/mol. The molecule has 20 heavy (non-hydrogen) atoms. The van der Waals surface area contributed by atoms with Crippen LogP contribution in [0.25, 0.3) is 11.0 Å². The molecule has 2 heterocycles. The van der Waals surface area contributed by atoms with Crippen molar-refractivity contribution in [3.8, 4) is 6.07 Å². The highest BCUT2D eigenvalue weighted by molar-refractivity contribution is 5.80. The number of aromatic nitrogens is 3. The Morgan fingerprint density at radius 3 is 2.60 bits per heavy atom. The van der Waals surface area contributed by atoms with E-state index >= 15 is 0 Å². The molecule has 0 aliphatic rings. The van der Waals surface area contributed by atoms with Crippen molar-refractivity contribution in [1.82, 2.24) is 14.8 Å². The van der Waals surface area contributed by atoms with Gasteiger partial charge in [-0.1, -0.05) is 12.1 Å². The van der Waals surface area contributed by atoms with Gasteiger partial charge in [0.1, 0.15) is 17.7 Å². The highest BCUT2D eigenvalue weighted by Gasteiger charge is 2.12. The standard InChI is InChI=1S/C14H8F2N4/c15-10-3-1-9(2-4-10)8-20-14-12(13(6-17)19-20)5-11(16)7-18-14/h1-5,7H,8H2. The molecule has 0 unspecified atom stereocenters. The van der Waals surface area contributed by atoms with Crippen molar-refractivity contribution in [2.24, 2.45) is 0 Å². The minimum Gasteiger partial charge on any atom is -0.241 e. The van der Waals surface area contributed by atoms with Crippen LogP contribution in [0.3, 0.4) is 0 Å². The van der Waals surface area contributed by atoms with Gasteiger partial charge in [0.2, 0.25) is 0 Å². The second-order valence-corrected chi connectivity index (χ2v) is 4.27. The van der Waals surface area contributed by atoms with Crippen LogP contribution in [0.1, 0.15) is 11.3 Å². The summed E-state index contributed by atoms with van der Waals surface area (Å²) in [5, 5.41) is 13.5. The Balaban J connectivity index is 2.08. The average Bonchev–Trinajstić information content (AvgIpc) is 2.78. The minimum atomic E-state index is -0.518. The number of fused-ring (bicyclic) bond motifs is 1. The number of hydrogen-bond donors (Lipinski definition) is 0. The third-order valence-electron chi connectivity index (χ3n) is 2.91. The van der Waals surface area contributed by atoms with E-state index in [1.165, 1.54) is 22.9 Å². The SMILES string of the molecule is N#Cc1nn(Cc2ccc(F)cc2)c2ncc(F)cc12. The van der Waals surface area contributed by atoms with Gasteiger partial charge in [-0.05, 0) is 23.8 Å². The Hall–Kier alpha value is -2.81. The quantitative estimate of drug-likeness (QED) is 0.719. The van der Waals surface area contributed by atoms with Gasteiger partial charge in [0.05, 0.1) is 18.1 Å². The summed E-state index contributed by atoms with van der Waals surface area (Å²) in [5.41, 5.74) is 1.35. The average molecular weight is 270 g/mol. The zero-order chi connectivity index (χ0) is 14.1. The maximum Gasteiger partial charge on any atom is 0.172 e. The first-order valence-corrected chi connectivity index (χ1v) is 5.84. The molecule has 0 amide bonds. The van der Waals surface area contributed by atoms with E-state index in [9.17, 15) is 8.78 Å². The molecular formula is C14H8F2N4. The first-order chi connectivity index (χ1) is 9.67. The monoisotopic (exact) mass is 270 g/mol. The molecule has 0 radical (unpaired) electrons. The molecule has 0 aliphatic carbocycles. The van der Waals surface area contributed by atoms with E-state index in [4.69, 9.17) is 5.26 Å². The topological polar surface area (TPSA) is 54.5 Å². The van der Waals surface area contributed by atoms with Crippen LogP contribution in [0.4, 0.5) is 8.78 Å². The van der Waals surface area contributed by atoms with E-state index in [-0.39, 0.29) is 11.5 Å². The molecule has 0 saturated carbocycles. The molecule has 0 fully saturated rings. The van der Waals surface area contributed by atoms with Crippen LogP contribution in [0.2, 0.25) is 0 Å². The maximum atomic E-state index is 13.2. The molecule has 0 bridgehead atoms. The fourth-order valence-corrected chi connectivity index (χ4v) is 1.99. The fraction of sp³-hybridized carbons (Fsp3) is 0.0714. The smallest absolute Gasteiger partial charge is 0.172 e. The van der Waals surface area contributed by atoms with Crippen LogP contribution in [-0.2, 0) is 6.54 Å². The molecule has 2 aromatic heterocycles. The van der Waals surface area contributed by atoms with E-state index in [1.807, 2.05) is 6.07 Å². The predicted molar refractivity (Wildman–Crippen MR) is 67.7 cm³/mol. The number of nitriles is 1. The lowest BCUT2D eigenvalue weighted by atomic mass is 10.2. The molecule has 0 saturated heterocycles. The number of halogens is 2. The molecule has 1 aromatic carbocycles. The molecule has 0 atom stereocenters. The maximum absolute atomic E-state index is 13.2. The fourth-order valence-electron chi connectivity index (χ4n) is 1.99. The van der Waals surface area contributed by atoms with Crippen LogP contribution in [0, 0.1) is 23.0 Å². The molecule has 0 N–H and O–H groups in total. The van der Waals surface area contributed by atoms with E-state index in [1.54, 1.807) is 12.1 Å². The van der Waals surface area contributed by atoms with Crippen LogP contribution in [0.5, 0.6) is 0 Å². The summed E-state index contributed by atoms with van der Waals surface area (Å²) < 4.78 is 27.5. The Labute approximate surface area is 112 Å². The van der Waals surface area contributed by atoms with Crippen molar-refractivity contribution in [3.63, 3.8) is 0 Å². The van der Waals surface area contributed by atoms with Gasteiger partial charge in [0.25, 0.3) is 0 Å². The Kier molecular flexibility index (Phi) is 2.88. The summed E-state index contributed by atoms with van der Waals surface area (Å²) in [6.07, 6.45) is 1.08. The van der Waals surface area contributed by atoms with Gasteiger partial charge in [0.15, 0.2) is 11.3 Å². The Morgan fingerprint density at radius 1 is 1.15 bits per heavy atom. The second kappa shape index (κ2) is 4.70. The van der Waals surface area contributed by atoms with Crippen LogP contribution in [0.15, 0.2) is 36.5 Å². The third kappa shape index (κ3) is 2.10. The second-order valence-electron chi connectivity index (χ2n) is 4.27. The molecule has 0 spiro atoms. The van der Waals surface area contributed by atoms with Gasteiger partial charge < -0.3 is 0 Å². The number of rotatable bonds is 2. The van der Waals surface area contributed by atoms with Crippen molar-refractivity contribution >= 4 is 11.0 Å². The van der Waals surface area contributed by atoms with Crippen molar-refractivity contribution in [2.75, 3.05) is 0 Å². The predicted octanol–water partition coefficient (Wildman–Crippen LogP) is 2.63. The first kappa shape index (κ1) is 12.2.